The van der Waals surface area contributed by atoms with Gasteiger partial charge in [-0.15, -0.1) is 10.2 Å². The van der Waals surface area contributed by atoms with Gasteiger partial charge in [0.05, 0.1) is 13.2 Å². The molecule has 1 aromatic heterocycles. The molecule has 1 N–H and O–H groups in total. The first kappa shape index (κ1) is 16.9. The van der Waals surface area contributed by atoms with Gasteiger partial charge in [-0.05, 0) is 32.1 Å². The quantitative estimate of drug-likeness (QED) is 0.776. The molecule has 8 heteroatoms. The van der Waals surface area contributed by atoms with Crippen LogP contribution in [0.2, 0.25) is 0 Å². The predicted octanol–water partition coefficient (Wildman–Crippen LogP) is 0.332. The molecule has 1 saturated carbocycles. The summed E-state index contributed by atoms with van der Waals surface area (Å²) >= 11 is 0. The molecule has 0 bridgehead atoms. The number of nitrogens with zero attached hydrogens (tertiary/aromatic N) is 4. The molecule has 2 amide bonds. The Labute approximate surface area is 141 Å². The summed E-state index contributed by atoms with van der Waals surface area (Å²) in [6, 6.07) is -0.345. The third kappa shape index (κ3) is 3.92. The number of nitrogens with one attached hydrogen (secondary N) is 1. The van der Waals surface area contributed by atoms with Crippen molar-refractivity contribution in [2.24, 2.45) is 5.92 Å². The predicted molar refractivity (Wildman–Crippen MR) is 85.8 cm³/mol. The second-order valence-electron chi connectivity index (χ2n) is 6.47. The van der Waals surface area contributed by atoms with Crippen molar-refractivity contribution in [3.63, 3.8) is 0 Å². The van der Waals surface area contributed by atoms with Crippen LogP contribution < -0.4 is 5.32 Å². The van der Waals surface area contributed by atoms with Crippen molar-refractivity contribution in [2.75, 3.05) is 20.3 Å². The Morgan fingerprint density at radius 2 is 2.17 bits per heavy atom. The minimum atomic E-state index is -0.345. The maximum Gasteiger partial charge on any atom is 0.243 e. The number of piperidine rings is 1. The number of methoxy groups -OCH3 is 1. The lowest BCUT2D eigenvalue weighted by Crippen LogP contribution is -2.52. The molecule has 1 aliphatic heterocycles. The normalized spacial score (nSPS) is 20.9. The maximum atomic E-state index is 12.6. The summed E-state index contributed by atoms with van der Waals surface area (Å²) < 4.78 is 6.91. The van der Waals surface area contributed by atoms with E-state index in [2.05, 4.69) is 15.5 Å². The molecule has 1 saturated heterocycles. The molecular formula is C16H25N5O3. The van der Waals surface area contributed by atoms with Crippen molar-refractivity contribution in [1.29, 1.82) is 0 Å². The molecule has 132 valence electrons. The Morgan fingerprint density at radius 1 is 1.33 bits per heavy atom. The van der Waals surface area contributed by atoms with Gasteiger partial charge in [0, 0.05) is 26.1 Å². The number of carbonyl (C=O) groups is 2. The van der Waals surface area contributed by atoms with Gasteiger partial charge in [0.25, 0.3) is 0 Å². The van der Waals surface area contributed by atoms with Crippen LogP contribution in [-0.2, 0) is 27.4 Å². The van der Waals surface area contributed by atoms with E-state index < -0.39 is 0 Å². The van der Waals surface area contributed by atoms with Gasteiger partial charge >= 0.3 is 0 Å². The van der Waals surface area contributed by atoms with Gasteiger partial charge in [-0.1, -0.05) is 0 Å². The van der Waals surface area contributed by atoms with Gasteiger partial charge in [-0.25, -0.2) is 0 Å². The van der Waals surface area contributed by atoms with Gasteiger partial charge < -0.3 is 19.5 Å². The van der Waals surface area contributed by atoms with E-state index in [9.17, 15) is 9.59 Å². The molecular weight excluding hydrogens is 310 g/mol. The lowest BCUT2D eigenvalue weighted by atomic mass is 10.0. The Balaban J connectivity index is 1.57. The molecule has 0 aromatic carbocycles. The van der Waals surface area contributed by atoms with Crippen LogP contribution in [0, 0.1) is 5.92 Å². The van der Waals surface area contributed by atoms with E-state index in [-0.39, 0.29) is 23.8 Å². The van der Waals surface area contributed by atoms with E-state index in [1.54, 1.807) is 18.3 Å². The number of rotatable bonds is 7. The van der Waals surface area contributed by atoms with Crippen molar-refractivity contribution >= 4 is 11.8 Å². The molecule has 0 radical (unpaired) electrons. The molecule has 0 spiro atoms. The van der Waals surface area contributed by atoms with Crippen LogP contribution in [0.1, 0.15) is 37.9 Å². The highest BCUT2D eigenvalue weighted by Crippen LogP contribution is 2.33. The van der Waals surface area contributed by atoms with E-state index in [0.717, 1.165) is 32.1 Å². The molecule has 1 aliphatic carbocycles. The van der Waals surface area contributed by atoms with Crippen LogP contribution in [0.4, 0.5) is 0 Å². The van der Waals surface area contributed by atoms with E-state index in [0.29, 0.717) is 32.1 Å². The summed E-state index contributed by atoms with van der Waals surface area (Å²) in [4.78, 5) is 26.8. The van der Waals surface area contributed by atoms with Gasteiger partial charge in [0.2, 0.25) is 11.8 Å². The van der Waals surface area contributed by atoms with Gasteiger partial charge in [-0.3, -0.25) is 9.59 Å². The molecule has 1 atom stereocenters. The number of hydrogen-bond acceptors (Lipinski definition) is 5. The van der Waals surface area contributed by atoms with Crippen LogP contribution >= 0.6 is 0 Å². The Morgan fingerprint density at radius 3 is 2.92 bits per heavy atom. The molecule has 24 heavy (non-hydrogen) atoms. The molecule has 1 unspecified atom stereocenters. The third-order valence-electron chi connectivity index (χ3n) is 4.67. The van der Waals surface area contributed by atoms with Gasteiger partial charge in [0.15, 0.2) is 5.82 Å². The number of carbonyl (C=O) groups excluding carboxylic acids is 2. The summed E-state index contributed by atoms with van der Waals surface area (Å²) in [5, 5.41) is 10.8. The smallest absolute Gasteiger partial charge is 0.243 e. The Bertz CT molecular complexity index is 584. The highest BCUT2D eigenvalue weighted by Gasteiger charge is 2.39. The zero-order valence-corrected chi connectivity index (χ0v) is 14.1. The third-order valence-corrected chi connectivity index (χ3v) is 4.67. The van der Waals surface area contributed by atoms with Crippen molar-refractivity contribution in [2.45, 2.75) is 51.2 Å². The first-order chi connectivity index (χ1) is 11.7. The number of amides is 2. The number of likely N-dealkylation sites (tertiary alicyclic amines) is 1. The monoisotopic (exact) mass is 335 g/mol. The fourth-order valence-corrected chi connectivity index (χ4v) is 3.11. The molecule has 3 rings (SSSR count). The van der Waals surface area contributed by atoms with Crippen LogP contribution in [0.5, 0.6) is 0 Å². The second kappa shape index (κ2) is 7.74. The van der Waals surface area contributed by atoms with Crippen LogP contribution in [0.15, 0.2) is 6.33 Å². The summed E-state index contributed by atoms with van der Waals surface area (Å²) in [5.41, 5.74) is 0. The number of hydrogen-bond donors (Lipinski definition) is 1. The second-order valence-corrected chi connectivity index (χ2v) is 6.47. The van der Waals surface area contributed by atoms with Crippen molar-refractivity contribution < 1.29 is 14.3 Å². The van der Waals surface area contributed by atoms with E-state index in [4.69, 9.17) is 4.74 Å². The first-order valence-electron chi connectivity index (χ1n) is 8.64. The highest BCUT2D eigenvalue weighted by molar-refractivity contribution is 5.89. The van der Waals surface area contributed by atoms with Crippen LogP contribution in [-0.4, -0.2) is 57.8 Å². The van der Waals surface area contributed by atoms with E-state index >= 15 is 0 Å². The fourth-order valence-electron chi connectivity index (χ4n) is 3.11. The zero-order valence-electron chi connectivity index (χ0n) is 14.1. The highest BCUT2D eigenvalue weighted by atomic mass is 16.5. The van der Waals surface area contributed by atoms with Crippen molar-refractivity contribution in [1.82, 2.24) is 25.0 Å². The van der Waals surface area contributed by atoms with E-state index in [1.165, 1.54) is 0 Å². The van der Waals surface area contributed by atoms with Crippen LogP contribution in [0.25, 0.3) is 0 Å². The standard InChI is InChI=1S/C16H25N5O3/c1-24-9-8-20-11-18-19-14(20)10-17-15(22)13-4-2-3-7-21(13)16(23)12-5-6-12/h11-13H,2-10H2,1H3,(H,17,22). The minimum absolute atomic E-state index is 0.0926. The fraction of sp³-hybridized carbons (Fsp3) is 0.750. The largest absolute Gasteiger partial charge is 0.383 e. The summed E-state index contributed by atoms with van der Waals surface area (Å²) in [7, 11) is 1.64. The number of aromatic nitrogens is 3. The Hall–Kier alpha value is -1.96. The molecule has 1 aromatic rings. The Kier molecular flexibility index (Phi) is 5.44. The summed E-state index contributed by atoms with van der Waals surface area (Å²) in [6.45, 7) is 2.21. The lowest BCUT2D eigenvalue weighted by molar-refractivity contribution is -0.143. The topological polar surface area (TPSA) is 89.3 Å². The van der Waals surface area contributed by atoms with Crippen molar-refractivity contribution in [3.8, 4) is 0 Å². The zero-order chi connectivity index (χ0) is 16.9. The molecule has 2 aliphatic rings. The molecule has 2 heterocycles. The number of ether oxygens (including phenoxy) is 1. The van der Waals surface area contributed by atoms with Gasteiger partial charge in [-0.2, -0.15) is 0 Å². The van der Waals surface area contributed by atoms with Gasteiger partial charge in [0.1, 0.15) is 12.4 Å². The SMILES string of the molecule is COCCn1cnnc1CNC(=O)C1CCCCN1C(=O)C1CC1. The van der Waals surface area contributed by atoms with Crippen LogP contribution in [0.3, 0.4) is 0 Å². The van der Waals surface area contributed by atoms with E-state index in [1.807, 2.05) is 4.57 Å². The lowest BCUT2D eigenvalue weighted by Gasteiger charge is -2.34. The average molecular weight is 335 g/mol. The summed E-state index contributed by atoms with van der Waals surface area (Å²) in [5.74, 6) is 0.898. The van der Waals surface area contributed by atoms with Crippen molar-refractivity contribution in [3.05, 3.63) is 12.2 Å². The molecule has 8 nitrogen and oxygen atoms in total. The molecule has 2 fully saturated rings. The average Bonchev–Trinajstić information content (AvgIpc) is 3.37. The maximum absolute atomic E-state index is 12.6. The first-order valence-corrected chi connectivity index (χ1v) is 8.64. The summed E-state index contributed by atoms with van der Waals surface area (Å²) in [6.07, 6.45) is 6.26. The minimum Gasteiger partial charge on any atom is -0.383 e.